The van der Waals surface area contributed by atoms with E-state index in [0.717, 1.165) is 6.42 Å². The lowest BCUT2D eigenvalue weighted by Gasteiger charge is -2.29. The van der Waals surface area contributed by atoms with E-state index in [1.165, 1.54) is 34.5 Å². The number of nitrogens with one attached hydrogen (secondary N) is 3. The maximum Gasteiger partial charge on any atom is 0.410 e. The maximum atomic E-state index is 14.4. The SMILES string of the molecule is O=C(N[C@H]1CCCCCC=C[C@@H]2C[C@@]2(C(=O)NS(=O)(=O)C2CC2)NC(=O)C2C[C@@H](OC(=O)N3Cc4cccc(F)c4C3)CN2C1=O)c1cnccn1. The maximum absolute atomic E-state index is 14.4. The van der Waals surface area contributed by atoms with Crippen molar-refractivity contribution in [1.82, 2.24) is 35.1 Å². The third-order valence-corrected chi connectivity index (χ3v) is 12.2. The van der Waals surface area contributed by atoms with E-state index in [-0.39, 0.29) is 44.6 Å². The number of carbonyl (C=O) groups is 5. The zero-order valence-corrected chi connectivity index (χ0v) is 29.1. The molecule has 1 aromatic carbocycles. The number of carbonyl (C=O) groups excluding carboxylic acids is 5. The van der Waals surface area contributed by atoms with Crippen LogP contribution in [0.2, 0.25) is 0 Å². The van der Waals surface area contributed by atoms with Crippen molar-refractivity contribution in [1.29, 1.82) is 0 Å². The van der Waals surface area contributed by atoms with E-state index in [9.17, 15) is 36.8 Å². The minimum atomic E-state index is -3.93. The second kappa shape index (κ2) is 14.2. The van der Waals surface area contributed by atoms with Gasteiger partial charge >= 0.3 is 6.09 Å². The molecule has 5 atom stereocenters. The molecule has 1 saturated heterocycles. The number of hydrogen-bond acceptors (Lipinski definition) is 10. The molecule has 5 amide bonds. The Balaban J connectivity index is 1.14. The Kier molecular flexibility index (Phi) is 9.71. The summed E-state index contributed by atoms with van der Waals surface area (Å²) in [5.74, 6) is -3.72. The van der Waals surface area contributed by atoms with Crippen LogP contribution in [0.25, 0.3) is 0 Å². The lowest BCUT2D eigenvalue weighted by Crippen LogP contribution is -2.58. The number of aromatic nitrogens is 2. The van der Waals surface area contributed by atoms with Crippen LogP contribution in [0.4, 0.5) is 9.18 Å². The molecule has 0 radical (unpaired) electrons. The molecule has 3 aliphatic heterocycles. The summed E-state index contributed by atoms with van der Waals surface area (Å²) in [4.78, 5) is 79.2. The monoisotopic (exact) mass is 737 g/mol. The van der Waals surface area contributed by atoms with E-state index in [4.69, 9.17) is 4.74 Å². The molecule has 276 valence electrons. The van der Waals surface area contributed by atoms with E-state index in [0.29, 0.717) is 43.2 Å². The van der Waals surface area contributed by atoms with Crippen LogP contribution < -0.4 is 15.4 Å². The summed E-state index contributed by atoms with van der Waals surface area (Å²) >= 11 is 0. The molecule has 0 bridgehead atoms. The summed E-state index contributed by atoms with van der Waals surface area (Å²) in [6.45, 7) is -0.0845. The lowest BCUT2D eigenvalue weighted by molar-refractivity contribution is -0.141. The Morgan fingerprint density at radius 2 is 1.88 bits per heavy atom. The van der Waals surface area contributed by atoms with Crippen molar-refractivity contribution in [3.8, 4) is 0 Å². The molecular formula is C35H40FN7O8S. The van der Waals surface area contributed by atoms with Crippen molar-refractivity contribution in [2.75, 3.05) is 6.54 Å². The average molecular weight is 738 g/mol. The molecule has 3 fully saturated rings. The highest BCUT2D eigenvalue weighted by Crippen LogP contribution is 2.46. The first-order chi connectivity index (χ1) is 24.9. The molecule has 15 nitrogen and oxygen atoms in total. The van der Waals surface area contributed by atoms with Crippen molar-refractivity contribution >= 4 is 39.7 Å². The first-order valence-electron chi connectivity index (χ1n) is 17.6. The summed E-state index contributed by atoms with van der Waals surface area (Å²) in [5, 5.41) is 4.86. The second-order valence-corrected chi connectivity index (χ2v) is 16.1. The molecule has 2 saturated carbocycles. The second-order valence-electron chi connectivity index (χ2n) is 14.1. The van der Waals surface area contributed by atoms with Gasteiger partial charge in [-0.2, -0.15) is 0 Å². The third kappa shape index (κ3) is 7.36. The van der Waals surface area contributed by atoms with E-state index >= 15 is 0 Å². The molecule has 0 spiro atoms. The molecule has 17 heteroatoms. The fourth-order valence-corrected chi connectivity index (χ4v) is 8.59. The lowest BCUT2D eigenvalue weighted by atomic mass is 10.0. The van der Waals surface area contributed by atoms with Crippen LogP contribution >= 0.6 is 0 Å². The van der Waals surface area contributed by atoms with Crippen molar-refractivity contribution in [3.05, 3.63) is 71.6 Å². The Bertz CT molecular complexity index is 1910. The number of ether oxygens (including phenoxy) is 1. The van der Waals surface area contributed by atoms with Crippen LogP contribution in [0, 0.1) is 11.7 Å². The molecule has 1 unspecified atom stereocenters. The van der Waals surface area contributed by atoms with Gasteiger partial charge in [-0.15, -0.1) is 0 Å². The van der Waals surface area contributed by atoms with Crippen LogP contribution in [-0.4, -0.2) is 93.4 Å². The molecular weight excluding hydrogens is 697 g/mol. The van der Waals surface area contributed by atoms with Gasteiger partial charge in [0.2, 0.25) is 21.8 Å². The fraction of sp³-hybridized carbons (Fsp3) is 0.514. The normalized spacial score (nSPS) is 27.6. The van der Waals surface area contributed by atoms with Gasteiger partial charge in [0.25, 0.3) is 11.8 Å². The molecule has 52 heavy (non-hydrogen) atoms. The molecule has 2 aromatic rings. The van der Waals surface area contributed by atoms with Gasteiger partial charge < -0.3 is 20.3 Å². The van der Waals surface area contributed by atoms with Gasteiger partial charge in [0, 0.05) is 36.8 Å². The van der Waals surface area contributed by atoms with E-state index in [2.05, 4.69) is 25.3 Å². The first kappa shape index (κ1) is 35.5. The highest BCUT2D eigenvalue weighted by atomic mass is 32.2. The summed E-state index contributed by atoms with van der Waals surface area (Å²) in [5.41, 5.74) is -0.539. The quantitative estimate of drug-likeness (QED) is 0.368. The summed E-state index contributed by atoms with van der Waals surface area (Å²) < 4.78 is 47.9. The van der Waals surface area contributed by atoms with Gasteiger partial charge in [0.1, 0.15) is 35.2 Å². The van der Waals surface area contributed by atoms with Gasteiger partial charge in [0.15, 0.2) is 0 Å². The van der Waals surface area contributed by atoms with Crippen molar-refractivity contribution in [2.24, 2.45) is 5.92 Å². The zero-order valence-electron chi connectivity index (χ0n) is 28.3. The first-order valence-corrected chi connectivity index (χ1v) is 19.1. The molecule has 2 aliphatic carbocycles. The Hall–Kier alpha value is -4.93. The van der Waals surface area contributed by atoms with Gasteiger partial charge in [-0.3, -0.25) is 33.8 Å². The summed E-state index contributed by atoms with van der Waals surface area (Å²) in [7, 11) is -3.93. The minimum absolute atomic E-state index is 0.00391. The zero-order chi connectivity index (χ0) is 36.6. The number of allylic oxidation sites excluding steroid dienone is 1. The molecule has 1 aromatic heterocycles. The van der Waals surface area contributed by atoms with Crippen molar-refractivity contribution < 1.29 is 41.5 Å². The molecule has 5 aliphatic rings. The Labute approximate surface area is 299 Å². The smallest absolute Gasteiger partial charge is 0.410 e. The predicted octanol–water partition coefficient (Wildman–Crippen LogP) is 1.84. The molecule has 4 heterocycles. The number of benzene rings is 1. The largest absolute Gasteiger partial charge is 0.444 e. The molecule has 7 rings (SSSR count). The summed E-state index contributed by atoms with van der Waals surface area (Å²) in [6, 6.07) is 2.27. The number of fused-ring (bicyclic) bond motifs is 3. The van der Waals surface area contributed by atoms with Crippen LogP contribution in [0.3, 0.4) is 0 Å². The number of sulfonamides is 1. The van der Waals surface area contributed by atoms with Crippen LogP contribution in [0.1, 0.15) is 79.4 Å². The van der Waals surface area contributed by atoms with Gasteiger partial charge in [-0.25, -0.2) is 22.6 Å². The van der Waals surface area contributed by atoms with E-state index in [1.54, 1.807) is 12.1 Å². The van der Waals surface area contributed by atoms with Crippen LogP contribution in [-0.2, 0) is 42.2 Å². The standard InChI is InChI=1S/C35H40FN7O8S/c36-26-9-6-7-21-18-42(20-25(21)26)34(48)51-23-15-29-31(45)40-35(33(47)41-52(49,50)24-11-12-24)16-22(35)8-4-2-1-3-5-10-27(32(46)43(29)19-23)39-30(44)28-17-37-13-14-38-28/h4,6-9,13-14,17,22-24,27,29H,1-3,5,10-12,15-16,18-20H2,(H,39,44)(H,40,45)(H,41,47)/t22-,23-,27+,29?,35-/m1/s1. The average Bonchev–Trinajstić information content (AvgIpc) is 4.01. The van der Waals surface area contributed by atoms with E-state index < -0.39 is 80.5 Å². The Morgan fingerprint density at radius 1 is 1.06 bits per heavy atom. The fourth-order valence-electron chi connectivity index (χ4n) is 7.22. The third-order valence-electron chi connectivity index (χ3n) is 10.4. The minimum Gasteiger partial charge on any atom is -0.444 e. The molecule has 3 N–H and O–H groups in total. The highest BCUT2D eigenvalue weighted by Gasteiger charge is 2.62. The van der Waals surface area contributed by atoms with Crippen molar-refractivity contribution in [3.63, 3.8) is 0 Å². The van der Waals surface area contributed by atoms with E-state index in [1.807, 2.05) is 12.2 Å². The predicted molar refractivity (Wildman–Crippen MR) is 181 cm³/mol. The van der Waals surface area contributed by atoms with Crippen molar-refractivity contribution in [2.45, 2.75) is 99.9 Å². The highest BCUT2D eigenvalue weighted by molar-refractivity contribution is 7.91. The topological polar surface area (TPSA) is 197 Å². The van der Waals surface area contributed by atoms with Gasteiger partial charge in [-0.1, -0.05) is 37.1 Å². The van der Waals surface area contributed by atoms with Crippen LogP contribution in [0.5, 0.6) is 0 Å². The summed E-state index contributed by atoms with van der Waals surface area (Å²) in [6.07, 6.45) is 9.85. The number of rotatable bonds is 6. The van der Waals surface area contributed by atoms with Gasteiger partial charge in [0.05, 0.1) is 24.5 Å². The Morgan fingerprint density at radius 3 is 2.63 bits per heavy atom. The number of hydrogen-bond donors (Lipinski definition) is 3. The van der Waals surface area contributed by atoms with Gasteiger partial charge in [-0.05, 0) is 50.2 Å². The number of halogens is 1. The number of nitrogens with zero attached hydrogens (tertiary/aromatic N) is 4. The number of amides is 5. The van der Waals surface area contributed by atoms with Crippen LogP contribution in [0.15, 0.2) is 48.9 Å².